The molecule has 1 aromatic heterocycles. The number of halogens is 4. The molecule has 1 aliphatic heterocycles. The number of amides is 2. The number of carbonyl (C=O) groups is 2. The number of hydrogen-bond donors (Lipinski definition) is 2. The molecule has 168 valence electrons. The van der Waals surface area contributed by atoms with Crippen molar-refractivity contribution < 1.29 is 27.9 Å². The number of anilines is 1. The van der Waals surface area contributed by atoms with Gasteiger partial charge in [0.15, 0.2) is 5.60 Å². The predicted molar refractivity (Wildman–Crippen MR) is 112 cm³/mol. The van der Waals surface area contributed by atoms with E-state index in [0.29, 0.717) is 25.7 Å². The van der Waals surface area contributed by atoms with E-state index in [-0.39, 0.29) is 22.1 Å². The normalized spacial score (nSPS) is 18.7. The summed E-state index contributed by atoms with van der Waals surface area (Å²) in [5.74, 6) is -2.03. The highest BCUT2D eigenvalue weighted by Crippen LogP contribution is 2.52. The van der Waals surface area contributed by atoms with Crippen molar-refractivity contribution in [2.75, 3.05) is 31.1 Å². The Morgan fingerprint density at radius 1 is 1.32 bits per heavy atom. The van der Waals surface area contributed by atoms with E-state index < -0.39 is 40.3 Å². The SMILES string of the molecule is CCN(CC)CCN1C(=O)C(O)(c2ccsc2Cl)c2c1cc(C(N)=O)cc2C(F)(F)F. The summed E-state index contributed by atoms with van der Waals surface area (Å²) in [6.07, 6.45) is -4.96. The van der Waals surface area contributed by atoms with Crippen LogP contribution in [-0.4, -0.2) is 48.0 Å². The molecule has 0 fully saturated rings. The van der Waals surface area contributed by atoms with Crippen molar-refractivity contribution in [2.24, 2.45) is 5.73 Å². The van der Waals surface area contributed by atoms with Gasteiger partial charge in [0.1, 0.15) is 0 Å². The summed E-state index contributed by atoms with van der Waals surface area (Å²) < 4.78 is 42.1. The zero-order valence-electron chi connectivity index (χ0n) is 16.8. The minimum atomic E-state index is -4.96. The molecule has 2 amide bonds. The second-order valence-corrected chi connectivity index (χ2v) is 8.60. The number of primary amides is 1. The number of benzene rings is 1. The monoisotopic (exact) mass is 475 g/mol. The molecule has 0 bridgehead atoms. The maximum Gasteiger partial charge on any atom is 0.416 e. The first kappa shape index (κ1) is 23.5. The Bertz CT molecular complexity index is 1020. The minimum absolute atomic E-state index is 0.000467. The summed E-state index contributed by atoms with van der Waals surface area (Å²) in [6, 6.07) is 3.00. The highest BCUT2D eigenvalue weighted by Gasteiger charge is 2.56. The van der Waals surface area contributed by atoms with Gasteiger partial charge >= 0.3 is 6.18 Å². The lowest BCUT2D eigenvalue weighted by molar-refractivity contribution is -0.142. The van der Waals surface area contributed by atoms with Gasteiger partial charge in [0, 0.05) is 29.8 Å². The van der Waals surface area contributed by atoms with Gasteiger partial charge in [0.05, 0.1) is 15.6 Å². The number of rotatable bonds is 7. The minimum Gasteiger partial charge on any atom is -0.372 e. The maximum absolute atomic E-state index is 14.0. The molecule has 3 N–H and O–H groups in total. The quantitative estimate of drug-likeness (QED) is 0.642. The van der Waals surface area contributed by atoms with Crippen molar-refractivity contribution >= 4 is 40.4 Å². The van der Waals surface area contributed by atoms with E-state index >= 15 is 0 Å². The number of nitrogens with two attached hydrogens (primary N) is 1. The molecule has 0 aliphatic carbocycles. The van der Waals surface area contributed by atoms with Crippen LogP contribution in [0, 0.1) is 0 Å². The van der Waals surface area contributed by atoms with Crippen LogP contribution in [0.25, 0.3) is 0 Å². The molecule has 2 heterocycles. The molecule has 31 heavy (non-hydrogen) atoms. The Kier molecular flexibility index (Phi) is 6.39. The van der Waals surface area contributed by atoms with Crippen molar-refractivity contribution in [3.05, 3.63) is 50.2 Å². The number of alkyl halides is 3. The highest BCUT2D eigenvalue weighted by atomic mass is 35.5. The number of fused-ring (bicyclic) bond motifs is 1. The van der Waals surface area contributed by atoms with Crippen molar-refractivity contribution in [1.29, 1.82) is 0 Å². The molecule has 3 rings (SSSR count). The van der Waals surface area contributed by atoms with Crippen LogP contribution in [0.15, 0.2) is 23.6 Å². The largest absolute Gasteiger partial charge is 0.416 e. The number of nitrogens with zero attached hydrogens (tertiary/aromatic N) is 2. The third kappa shape index (κ3) is 3.93. The van der Waals surface area contributed by atoms with Crippen molar-refractivity contribution in [3.8, 4) is 0 Å². The molecule has 0 saturated heterocycles. The molecule has 0 saturated carbocycles. The van der Waals surface area contributed by atoms with E-state index in [9.17, 15) is 27.9 Å². The first-order chi connectivity index (χ1) is 14.5. The van der Waals surface area contributed by atoms with Crippen LogP contribution in [-0.2, 0) is 16.6 Å². The Hall–Kier alpha value is -2.14. The highest BCUT2D eigenvalue weighted by molar-refractivity contribution is 7.14. The predicted octanol–water partition coefficient (Wildman–Crippen LogP) is 3.44. The average molecular weight is 476 g/mol. The molecule has 2 aromatic rings. The molecule has 1 unspecified atom stereocenters. The van der Waals surface area contributed by atoms with Gasteiger partial charge in [-0.2, -0.15) is 13.2 Å². The van der Waals surface area contributed by atoms with Gasteiger partial charge in [-0.25, -0.2) is 0 Å². The molecular weight excluding hydrogens is 455 g/mol. The van der Waals surface area contributed by atoms with Crippen molar-refractivity contribution in [3.63, 3.8) is 0 Å². The van der Waals surface area contributed by atoms with E-state index in [1.165, 1.54) is 11.4 Å². The number of likely N-dealkylation sites (N-methyl/N-ethyl adjacent to an activating group) is 1. The van der Waals surface area contributed by atoms with Gasteiger partial charge in [-0.05, 0) is 36.7 Å². The summed E-state index contributed by atoms with van der Waals surface area (Å²) in [5.41, 5.74) is -0.0820. The fraction of sp³-hybridized carbons (Fsp3) is 0.400. The summed E-state index contributed by atoms with van der Waals surface area (Å²) in [5, 5.41) is 13.0. The first-order valence-corrected chi connectivity index (χ1v) is 10.8. The Labute approximate surface area is 186 Å². The Morgan fingerprint density at radius 2 is 1.97 bits per heavy atom. The fourth-order valence-corrected chi connectivity index (χ4v) is 4.82. The smallest absolute Gasteiger partial charge is 0.372 e. The third-order valence-corrected chi connectivity index (χ3v) is 6.63. The van der Waals surface area contributed by atoms with E-state index in [1.807, 2.05) is 18.7 Å². The van der Waals surface area contributed by atoms with E-state index in [2.05, 4.69) is 0 Å². The Morgan fingerprint density at radius 3 is 2.45 bits per heavy atom. The fourth-order valence-electron chi connectivity index (χ4n) is 3.80. The van der Waals surface area contributed by atoms with Crippen LogP contribution in [0.2, 0.25) is 4.34 Å². The van der Waals surface area contributed by atoms with Crippen LogP contribution in [0.1, 0.15) is 40.9 Å². The zero-order chi connectivity index (χ0) is 23.1. The van der Waals surface area contributed by atoms with Crippen molar-refractivity contribution in [2.45, 2.75) is 25.6 Å². The van der Waals surface area contributed by atoms with Crippen LogP contribution in [0.3, 0.4) is 0 Å². The lowest BCUT2D eigenvalue weighted by atomic mass is 9.85. The second-order valence-electron chi connectivity index (χ2n) is 7.08. The second kappa shape index (κ2) is 8.42. The van der Waals surface area contributed by atoms with Gasteiger partial charge in [-0.1, -0.05) is 25.4 Å². The molecule has 1 aliphatic rings. The molecular formula is C20H21ClF3N3O3S. The summed E-state index contributed by atoms with van der Waals surface area (Å²) in [6.45, 7) is 5.53. The van der Waals surface area contributed by atoms with Gasteiger partial charge in [-0.15, -0.1) is 11.3 Å². The summed E-state index contributed by atoms with van der Waals surface area (Å²) >= 11 is 7.12. The topological polar surface area (TPSA) is 86.9 Å². The number of thiophene rings is 1. The zero-order valence-corrected chi connectivity index (χ0v) is 18.4. The van der Waals surface area contributed by atoms with Crippen LogP contribution >= 0.6 is 22.9 Å². The summed E-state index contributed by atoms with van der Waals surface area (Å²) in [7, 11) is 0. The Balaban J connectivity index is 2.29. The van der Waals surface area contributed by atoms with Gasteiger partial charge < -0.3 is 20.6 Å². The molecule has 1 aromatic carbocycles. The molecule has 11 heteroatoms. The average Bonchev–Trinajstić information content (AvgIpc) is 3.23. The van der Waals surface area contributed by atoms with E-state index in [4.69, 9.17) is 17.3 Å². The lowest BCUT2D eigenvalue weighted by Crippen LogP contribution is -2.44. The van der Waals surface area contributed by atoms with Crippen molar-refractivity contribution in [1.82, 2.24) is 4.90 Å². The number of aliphatic hydroxyl groups is 1. The maximum atomic E-state index is 14.0. The number of carbonyl (C=O) groups excluding carboxylic acids is 2. The van der Waals surface area contributed by atoms with Crippen LogP contribution in [0.5, 0.6) is 0 Å². The van der Waals surface area contributed by atoms with Gasteiger partial charge in [0.25, 0.3) is 5.91 Å². The van der Waals surface area contributed by atoms with Gasteiger partial charge in [0.2, 0.25) is 5.91 Å². The lowest BCUT2D eigenvalue weighted by Gasteiger charge is -2.26. The standard InChI is InChI=1S/C20H21ClF3N3O3S/c1-3-26(4-2)6-7-27-14-10-11(17(25)28)9-13(20(22,23)24)15(14)19(30,18(27)29)12-5-8-31-16(12)21/h5,8-10,30H,3-4,6-7H2,1-2H3,(H2,25,28). The molecule has 1 atom stereocenters. The summed E-state index contributed by atoms with van der Waals surface area (Å²) in [4.78, 5) is 28.2. The van der Waals surface area contributed by atoms with E-state index in [1.54, 1.807) is 0 Å². The molecule has 0 spiro atoms. The molecule has 6 nitrogen and oxygen atoms in total. The van der Waals surface area contributed by atoms with E-state index in [0.717, 1.165) is 22.3 Å². The number of hydrogen-bond acceptors (Lipinski definition) is 5. The van der Waals surface area contributed by atoms with Gasteiger partial charge in [-0.3, -0.25) is 9.59 Å². The van der Waals surface area contributed by atoms with Crippen LogP contribution in [0.4, 0.5) is 18.9 Å². The first-order valence-electron chi connectivity index (χ1n) is 9.52. The molecule has 0 radical (unpaired) electrons. The third-order valence-electron chi connectivity index (χ3n) is 5.46. The van der Waals surface area contributed by atoms with Crippen LogP contribution < -0.4 is 10.6 Å².